The van der Waals surface area contributed by atoms with Crippen LogP contribution in [0, 0.1) is 10.1 Å². The molecule has 0 bridgehead atoms. The van der Waals surface area contributed by atoms with Crippen molar-refractivity contribution < 1.29 is 9.76 Å². The second-order valence-electron chi connectivity index (χ2n) is 7.00. The maximum absolute atomic E-state index is 11.3. The minimum absolute atomic E-state index is 0.0181. The fourth-order valence-electron chi connectivity index (χ4n) is 3.15. The van der Waals surface area contributed by atoms with Crippen molar-refractivity contribution in [2.24, 2.45) is 0 Å². The number of piperidine rings is 1. The van der Waals surface area contributed by atoms with Crippen molar-refractivity contribution in [3.8, 4) is 0 Å². The van der Waals surface area contributed by atoms with Crippen LogP contribution in [0.5, 0.6) is 0 Å². The predicted octanol–water partition coefficient (Wildman–Crippen LogP) is 4.34. The molecule has 1 saturated heterocycles. The highest BCUT2D eigenvalue weighted by Crippen LogP contribution is 2.38. The van der Waals surface area contributed by atoms with Gasteiger partial charge in [0.1, 0.15) is 0 Å². The van der Waals surface area contributed by atoms with Gasteiger partial charge in [-0.2, -0.15) is 16.4 Å². The van der Waals surface area contributed by atoms with Gasteiger partial charge in [-0.3, -0.25) is 15.0 Å². The predicted molar refractivity (Wildman–Crippen MR) is 89.1 cm³/mol. The quantitative estimate of drug-likeness (QED) is 0.597. The molecule has 22 heavy (non-hydrogen) atoms. The Labute approximate surface area is 135 Å². The van der Waals surface area contributed by atoms with Gasteiger partial charge < -0.3 is 0 Å². The van der Waals surface area contributed by atoms with Gasteiger partial charge in [-0.15, -0.1) is 0 Å². The maximum atomic E-state index is 11.3. The van der Waals surface area contributed by atoms with E-state index in [1.54, 1.807) is 6.08 Å². The van der Waals surface area contributed by atoms with Crippen LogP contribution in [0.15, 0.2) is 22.5 Å². The average molecular weight is 324 g/mol. The second-order valence-corrected chi connectivity index (χ2v) is 7.78. The fourth-order valence-corrected chi connectivity index (χ4v) is 3.77. The number of hydrogen-bond acceptors (Lipinski definition) is 5. The first-order valence-electron chi connectivity index (χ1n) is 7.53. The van der Waals surface area contributed by atoms with Crippen LogP contribution < -0.4 is 0 Å². The first-order chi connectivity index (χ1) is 10.2. The molecule has 0 aromatic carbocycles. The molecule has 1 aliphatic heterocycles. The topological polar surface area (TPSA) is 55.6 Å². The summed E-state index contributed by atoms with van der Waals surface area (Å²) in [5.74, 6) is 0. The Morgan fingerprint density at radius 3 is 2.55 bits per heavy atom. The molecule has 1 aliphatic rings. The van der Waals surface area contributed by atoms with Crippen molar-refractivity contribution >= 4 is 17.4 Å². The number of thiophene rings is 1. The first-order valence-corrected chi connectivity index (χ1v) is 8.47. The van der Waals surface area contributed by atoms with E-state index in [1.807, 2.05) is 21.9 Å². The van der Waals surface area contributed by atoms with Gasteiger partial charge >= 0.3 is 0 Å². The van der Waals surface area contributed by atoms with Crippen LogP contribution in [0.1, 0.15) is 52.5 Å². The average Bonchev–Trinajstić information content (AvgIpc) is 2.88. The number of rotatable bonds is 5. The zero-order chi connectivity index (χ0) is 16.4. The molecule has 0 unspecified atom stereocenters. The lowest BCUT2D eigenvalue weighted by Crippen LogP contribution is -2.58. The summed E-state index contributed by atoms with van der Waals surface area (Å²) in [5.41, 5.74) is 0.686. The molecule has 1 fully saturated rings. The summed E-state index contributed by atoms with van der Waals surface area (Å²) in [6.07, 6.45) is 4.78. The monoisotopic (exact) mass is 324 g/mol. The summed E-state index contributed by atoms with van der Waals surface area (Å²) in [5, 5.41) is 17.0. The van der Waals surface area contributed by atoms with E-state index in [-0.39, 0.29) is 28.3 Å². The summed E-state index contributed by atoms with van der Waals surface area (Å²) in [7, 11) is 0. The van der Waals surface area contributed by atoms with E-state index in [4.69, 9.17) is 4.84 Å². The van der Waals surface area contributed by atoms with Gasteiger partial charge in [0, 0.05) is 17.2 Å². The molecule has 0 amide bonds. The van der Waals surface area contributed by atoms with Crippen LogP contribution in [0.3, 0.4) is 0 Å². The molecule has 2 rings (SSSR count). The Bertz CT molecular complexity index is 534. The molecular formula is C16H24N2O3S. The summed E-state index contributed by atoms with van der Waals surface area (Å²) in [4.78, 5) is 16.8. The van der Waals surface area contributed by atoms with E-state index in [0.717, 1.165) is 24.8 Å². The van der Waals surface area contributed by atoms with Gasteiger partial charge in [0.15, 0.2) is 6.61 Å². The van der Waals surface area contributed by atoms with Gasteiger partial charge in [0.25, 0.3) is 5.70 Å². The Morgan fingerprint density at radius 2 is 2.05 bits per heavy atom. The SMILES string of the molecule is CC1(C)CCCC(C)(C)N1OC/C(=C\c1ccsc1)[N+](=O)[O-]. The highest BCUT2D eigenvalue weighted by atomic mass is 32.1. The van der Waals surface area contributed by atoms with E-state index in [2.05, 4.69) is 27.7 Å². The summed E-state index contributed by atoms with van der Waals surface area (Å²) in [6.45, 7) is 8.49. The highest BCUT2D eigenvalue weighted by molar-refractivity contribution is 7.08. The van der Waals surface area contributed by atoms with E-state index in [0.29, 0.717) is 0 Å². The third-order valence-corrected chi connectivity index (χ3v) is 4.83. The van der Waals surface area contributed by atoms with Crippen LogP contribution in [-0.2, 0) is 4.84 Å². The van der Waals surface area contributed by atoms with Crippen molar-refractivity contribution in [2.45, 2.75) is 58.0 Å². The summed E-state index contributed by atoms with van der Waals surface area (Å²) in [6, 6.07) is 1.86. The smallest absolute Gasteiger partial charge is 0.274 e. The zero-order valence-corrected chi connectivity index (χ0v) is 14.5. The molecule has 6 heteroatoms. The molecule has 1 aromatic heterocycles. The molecule has 0 spiro atoms. The van der Waals surface area contributed by atoms with Crippen LogP contribution in [0.4, 0.5) is 0 Å². The molecule has 5 nitrogen and oxygen atoms in total. The van der Waals surface area contributed by atoms with Gasteiger partial charge in [-0.05, 0) is 69.3 Å². The van der Waals surface area contributed by atoms with Gasteiger partial charge in [-0.1, -0.05) is 0 Å². The molecule has 0 N–H and O–H groups in total. The number of nitrogens with zero attached hydrogens (tertiary/aromatic N) is 2. The normalized spacial score (nSPS) is 21.7. The zero-order valence-electron chi connectivity index (χ0n) is 13.7. The van der Waals surface area contributed by atoms with Crippen molar-refractivity contribution in [1.82, 2.24) is 5.06 Å². The van der Waals surface area contributed by atoms with Crippen LogP contribution in [-0.4, -0.2) is 27.7 Å². The van der Waals surface area contributed by atoms with E-state index in [9.17, 15) is 10.1 Å². The number of nitro groups is 1. The largest absolute Gasteiger partial charge is 0.287 e. The van der Waals surface area contributed by atoms with Crippen molar-refractivity contribution in [3.63, 3.8) is 0 Å². The molecule has 1 aromatic rings. The minimum atomic E-state index is -0.360. The van der Waals surface area contributed by atoms with Crippen LogP contribution in [0.2, 0.25) is 0 Å². The molecule has 0 saturated carbocycles. The Hall–Kier alpha value is -1.24. The highest BCUT2D eigenvalue weighted by Gasteiger charge is 2.42. The third kappa shape index (κ3) is 3.94. The summed E-state index contributed by atoms with van der Waals surface area (Å²) < 4.78 is 0. The standard InChI is InChI=1S/C16H24N2O3S/c1-15(2)7-5-8-16(3,4)18(15)21-11-14(17(19)20)10-13-6-9-22-12-13/h6,9-10,12H,5,7-8,11H2,1-4H3/b14-10+. The van der Waals surface area contributed by atoms with Crippen molar-refractivity contribution in [1.29, 1.82) is 0 Å². The lowest BCUT2D eigenvalue weighted by atomic mass is 9.82. The van der Waals surface area contributed by atoms with Crippen LogP contribution >= 0.6 is 11.3 Å². The summed E-state index contributed by atoms with van der Waals surface area (Å²) >= 11 is 1.52. The molecule has 0 aliphatic carbocycles. The van der Waals surface area contributed by atoms with Crippen molar-refractivity contribution in [2.75, 3.05) is 6.61 Å². The molecule has 122 valence electrons. The van der Waals surface area contributed by atoms with Gasteiger partial charge in [-0.25, -0.2) is 0 Å². The number of hydroxylamine groups is 2. The molecule has 2 heterocycles. The molecule has 0 atom stereocenters. The van der Waals surface area contributed by atoms with Crippen molar-refractivity contribution in [3.05, 3.63) is 38.2 Å². The third-order valence-electron chi connectivity index (χ3n) is 4.13. The maximum Gasteiger partial charge on any atom is 0.274 e. The lowest BCUT2D eigenvalue weighted by Gasteiger charge is -2.51. The fraction of sp³-hybridized carbons (Fsp3) is 0.625. The van der Waals surface area contributed by atoms with E-state index < -0.39 is 0 Å². The first kappa shape index (κ1) is 17.1. The molecular weight excluding hydrogens is 300 g/mol. The van der Waals surface area contributed by atoms with Gasteiger partial charge in [0.05, 0.1) is 4.92 Å². The van der Waals surface area contributed by atoms with Crippen LogP contribution in [0.25, 0.3) is 6.08 Å². The Kier molecular flexibility index (Phi) is 5.04. The Morgan fingerprint density at radius 1 is 1.41 bits per heavy atom. The minimum Gasteiger partial charge on any atom is -0.287 e. The Balaban J connectivity index is 2.13. The van der Waals surface area contributed by atoms with E-state index >= 15 is 0 Å². The van der Waals surface area contributed by atoms with E-state index in [1.165, 1.54) is 11.3 Å². The molecule has 0 radical (unpaired) electrons. The lowest BCUT2D eigenvalue weighted by molar-refractivity contribution is -0.436. The van der Waals surface area contributed by atoms with Gasteiger partial charge in [0.2, 0.25) is 0 Å². The number of hydrogen-bond donors (Lipinski definition) is 0. The second kappa shape index (κ2) is 6.48.